The molecule has 100 valence electrons. The second-order valence-corrected chi connectivity index (χ2v) is 4.77. The number of aromatic nitrogens is 2. The second-order valence-electron chi connectivity index (χ2n) is 4.77. The summed E-state index contributed by atoms with van der Waals surface area (Å²) in [5.74, 6) is 0.101. The van der Waals surface area contributed by atoms with Crippen molar-refractivity contribution in [3.63, 3.8) is 0 Å². The molecule has 0 aliphatic rings. The summed E-state index contributed by atoms with van der Waals surface area (Å²) in [5, 5.41) is 12.1. The van der Waals surface area contributed by atoms with Gasteiger partial charge in [0.2, 0.25) is 0 Å². The van der Waals surface area contributed by atoms with E-state index in [1.54, 1.807) is 0 Å². The zero-order chi connectivity index (χ0) is 14.0. The Morgan fingerprint density at radius 2 is 2.11 bits per heavy atom. The number of nitrogens with two attached hydrogens (primary N) is 1. The van der Waals surface area contributed by atoms with Crippen LogP contribution in [0.15, 0.2) is 24.3 Å². The van der Waals surface area contributed by atoms with Crippen LogP contribution in [0.25, 0.3) is 0 Å². The first-order chi connectivity index (χ1) is 9.02. The van der Waals surface area contributed by atoms with Gasteiger partial charge in [-0.15, -0.1) is 0 Å². The van der Waals surface area contributed by atoms with Crippen molar-refractivity contribution in [1.29, 1.82) is 5.41 Å². The molecule has 0 amide bonds. The van der Waals surface area contributed by atoms with Gasteiger partial charge >= 0.3 is 0 Å². The van der Waals surface area contributed by atoms with Crippen molar-refractivity contribution in [3.8, 4) is 0 Å². The average molecular weight is 256 g/mol. The van der Waals surface area contributed by atoms with Crippen LogP contribution >= 0.6 is 0 Å². The molecule has 2 rings (SSSR count). The van der Waals surface area contributed by atoms with Crippen LogP contribution in [0.3, 0.4) is 0 Å². The Bertz CT molecular complexity index is 611. The van der Waals surface area contributed by atoms with Gasteiger partial charge in [-0.1, -0.05) is 25.1 Å². The maximum atomic E-state index is 7.48. The molecule has 0 bridgehead atoms. The lowest BCUT2D eigenvalue weighted by Gasteiger charge is -2.07. The summed E-state index contributed by atoms with van der Waals surface area (Å²) >= 11 is 0. The highest BCUT2D eigenvalue weighted by Crippen LogP contribution is 2.15. The van der Waals surface area contributed by atoms with Gasteiger partial charge in [0.1, 0.15) is 5.84 Å². The summed E-state index contributed by atoms with van der Waals surface area (Å²) in [5.41, 5.74) is 11.0. The lowest BCUT2D eigenvalue weighted by atomic mass is 10.1. The van der Waals surface area contributed by atoms with E-state index in [1.165, 1.54) is 11.3 Å². The zero-order valence-corrected chi connectivity index (χ0v) is 11.7. The molecule has 19 heavy (non-hydrogen) atoms. The number of hydrogen-bond acceptors (Lipinski definition) is 2. The first kappa shape index (κ1) is 13.3. The minimum atomic E-state index is 0.101. The van der Waals surface area contributed by atoms with Gasteiger partial charge in [0.05, 0.1) is 12.2 Å². The number of rotatable bonds is 4. The van der Waals surface area contributed by atoms with E-state index in [4.69, 9.17) is 11.1 Å². The Morgan fingerprint density at radius 3 is 2.68 bits per heavy atom. The Labute approximate surface area is 113 Å². The van der Waals surface area contributed by atoms with Gasteiger partial charge in [0, 0.05) is 11.3 Å². The molecule has 0 aliphatic carbocycles. The summed E-state index contributed by atoms with van der Waals surface area (Å²) in [7, 11) is 0. The van der Waals surface area contributed by atoms with Crippen molar-refractivity contribution in [1.82, 2.24) is 9.78 Å². The number of hydrogen-bond donors (Lipinski definition) is 2. The third kappa shape index (κ3) is 2.67. The quantitative estimate of drug-likeness (QED) is 0.651. The molecule has 0 unspecified atom stereocenters. The molecular weight excluding hydrogens is 236 g/mol. The molecule has 0 aliphatic heterocycles. The van der Waals surface area contributed by atoms with E-state index in [1.807, 2.05) is 35.9 Å². The highest BCUT2D eigenvalue weighted by Gasteiger charge is 2.10. The Balaban J connectivity index is 2.31. The van der Waals surface area contributed by atoms with Gasteiger partial charge in [-0.2, -0.15) is 5.10 Å². The van der Waals surface area contributed by atoms with Gasteiger partial charge in [-0.05, 0) is 37.5 Å². The fraction of sp³-hybridized carbons (Fsp3) is 0.333. The summed E-state index contributed by atoms with van der Waals surface area (Å²) in [6.45, 7) is 7.02. The maximum Gasteiger partial charge on any atom is 0.122 e. The lowest BCUT2D eigenvalue weighted by molar-refractivity contribution is 0.658. The molecule has 1 heterocycles. The molecule has 0 spiro atoms. The van der Waals surface area contributed by atoms with Crippen LogP contribution in [-0.4, -0.2) is 15.6 Å². The first-order valence-electron chi connectivity index (χ1n) is 6.49. The van der Waals surface area contributed by atoms with Crippen molar-refractivity contribution in [2.24, 2.45) is 5.73 Å². The third-order valence-corrected chi connectivity index (χ3v) is 3.46. The molecule has 1 aromatic carbocycles. The molecule has 4 nitrogen and oxygen atoms in total. The molecule has 0 saturated carbocycles. The largest absolute Gasteiger partial charge is 0.384 e. The van der Waals surface area contributed by atoms with Crippen LogP contribution < -0.4 is 5.73 Å². The standard InChI is InChI=1S/C15H20N4/c1-4-14-10(2)18-19(11(14)3)9-12-6-5-7-13(8-12)15(16)17/h5-8H,4,9H2,1-3H3,(H3,16,17). The molecule has 1 aromatic heterocycles. The highest BCUT2D eigenvalue weighted by atomic mass is 15.3. The van der Waals surface area contributed by atoms with Crippen molar-refractivity contribution >= 4 is 5.84 Å². The molecule has 0 saturated heterocycles. The maximum absolute atomic E-state index is 7.48. The van der Waals surface area contributed by atoms with Gasteiger partial charge in [0.15, 0.2) is 0 Å². The van der Waals surface area contributed by atoms with Crippen molar-refractivity contribution in [2.45, 2.75) is 33.7 Å². The van der Waals surface area contributed by atoms with E-state index in [0.717, 1.165) is 23.2 Å². The molecule has 3 N–H and O–H groups in total. The second kappa shape index (κ2) is 5.26. The van der Waals surface area contributed by atoms with Gasteiger partial charge in [-0.3, -0.25) is 10.1 Å². The first-order valence-corrected chi connectivity index (χ1v) is 6.49. The minimum Gasteiger partial charge on any atom is -0.384 e. The SMILES string of the molecule is CCc1c(C)nn(Cc2cccc(C(=N)N)c2)c1C. The van der Waals surface area contributed by atoms with E-state index in [2.05, 4.69) is 18.9 Å². The molecule has 0 atom stereocenters. The predicted molar refractivity (Wildman–Crippen MR) is 77.6 cm³/mol. The fourth-order valence-electron chi connectivity index (χ4n) is 2.41. The number of nitrogens with zero attached hydrogens (tertiary/aromatic N) is 2. The van der Waals surface area contributed by atoms with Crippen LogP contribution in [0.5, 0.6) is 0 Å². The molecule has 0 fully saturated rings. The smallest absolute Gasteiger partial charge is 0.122 e. The predicted octanol–water partition coefficient (Wildman–Crippen LogP) is 2.39. The van der Waals surface area contributed by atoms with Gasteiger partial charge < -0.3 is 5.73 Å². The number of aryl methyl sites for hydroxylation is 1. The average Bonchev–Trinajstić information content (AvgIpc) is 2.64. The lowest BCUT2D eigenvalue weighted by Crippen LogP contribution is -2.12. The van der Waals surface area contributed by atoms with Crippen molar-refractivity contribution in [3.05, 3.63) is 52.3 Å². The van der Waals surface area contributed by atoms with Crippen LogP contribution in [0.2, 0.25) is 0 Å². The summed E-state index contributed by atoms with van der Waals surface area (Å²) in [6.07, 6.45) is 1.01. The van der Waals surface area contributed by atoms with E-state index in [9.17, 15) is 0 Å². The fourth-order valence-corrected chi connectivity index (χ4v) is 2.41. The molecule has 0 radical (unpaired) electrons. The minimum absolute atomic E-state index is 0.101. The number of nitrogen functional groups attached to an aromatic ring is 1. The zero-order valence-electron chi connectivity index (χ0n) is 11.7. The van der Waals surface area contributed by atoms with Crippen molar-refractivity contribution in [2.75, 3.05) is 0 Å². The normalized spacial score (nSPS) is 10.7. The third-order valence-electron chi connectivity index (χ3n) is 3.46. The summed E-state index contributed by atoms with van der Waals surface area (Å²) in [6, 6.07) is 7.77. The van der Waals surface area contributed by atoms with Gasteiger partial charge in [0.25, 0.3) is 0 Å². The van der Waals surface area contributed by atoms with Crippen LogP contribution in [0.4, 0.5) is 0 Å². The monoisotopic (exact) mass is 256 g/mol. The van der Waals surface area contributed by atoms with E-state index >= 15 is 0 Å². The highest BCUT2D eigenvalue weighted by molar-refractivity contribution is 5.95. The Kier molecular flexibility index (Phi) is 3.69. The molecule has 4 heteroatoms. The van der Waals surface area contributed by atoms with E-state index in [-0.39, 0.29) is 5.84 Å². The summed E-state index contributed by atoms with van der Waals surface area (Å²) < 4.78 is 2.02. The topological polar surface area (TPSA) is 67.7 Å². The van der Waals surface area contributed by atoms with Crippen molar-refractivity contribution < 1.29 is 0 Å². The van der Waals surface area contributed by atoms with Crippen LogP contribution in [0, 0.1) is 19.3 Å². The van der Waals surface area contributed by atoms with Crippen LogP contribution in [0.1, 0.15) is 35.0 Å². The molecule has 2 aromatic rings. The Morgan fingerprint density at radius 1 is 1.37 bits per heavy atom. The summed E-state index contributed by atoms with van der Waals surface area (Å²) in [4.78, 5) is 0. The number of nitrogens with one attached hydrogen (secondary N) is 1. The van der Waals surface area contributed by atoms with E-state index < -0.39 is 0 Å². The Hall–Kier alpha value is -2.10. The number of benzene rings is 1. The van der Waals surface area contributed by atoms with Crippen LogP contribution in [-0.2, 0) is 13.0 Å². The number of amidine groups is 1. The van der Waals surface area contributed by atoms with Gasteiger partial charge in [-0.25, -0.2) is 0 Å². The van der Waals surface area contributed by atoms with E-state index in [0.29, 0.717) is 6.54 Å². The molecular formula is C15H20N4.